The van der Waals surface area contributed by atoms with Crippen LogP contribution in [0.1, 0.15) is 27.2 Å². The van der Waals surface area contributed by atoms with E-state index in [1.807, 2.05) is 20.8 Å². The van der Waals surface area contributed by atoms with Gasteiger partial charge in [0.25, 0.3) is 0 Å². The summed E-state index contributed by atoms with van der Waals surface area (Å²) in [6.45, 7) is 6.55. The van der Waals surface area contributed by atoms with Crippen LogP contribution in [-0.2, 0) is 9.59 Å². The summed E-state index contributed by atoms with van der Waals surface area (Å²) in [5.41, 5.74) is 0. The van der Waals surface area contributed by atoms with Crippen LogP contribution in [0.4, 0.5) is 0 Å². The van der Waals surface area contributed by atoms with Crippen molar-refractivity contribution in [1.82, 2.24) is 10.6 Å². The monoisotopic (exact) mass is 198 g/mol. The molecule has 0 aromatic heterocycles. The highest BCUT2D eigenvalue weighted by atomic mass is 16.2. The van der Waals surface area contributed by atoms with Crippen LogP contribution in [0, 0.1) is 11.8 Å². The van der Waals surface area contributed by atoms with Crippen molar-refractivity contribution in [3.63, 3.8) is 0 Å². The molecular weight excluding hydrogens is 180 g/mol. The van der Waals surface area contributed by atoms with Gasteiger partial charge in [-0.3, -0.25) is 9.59 Å². The predicted molar refractivity (Wildman–Crippen MR) is 53.6 cm³/mol. The number of nitrogens with one attached hydrogen (secondary N) is 2. The summed E-state index contributed by atoms with van der Waals surface area (Å²) in [6.07, 6.45) is 0.704. The third-order valence-electron chi connectivity index (χ3n) is 2.78. The van der Waals surface area contributed by atoms with E-state index in [1.165, 1.54) is 0 Å². The molecule has 1 aliphatic heterocycles. The Kier molecular flexibility index (Phi) is 3.49. The lowest BCUT2D eigenvalue weighted by molar-refractivity contribution is -0.130. The molecular formula is C10H18N2O2. The summed E-state index contributed by atoms with van der Waals surface area (Å²) in [6, 6.07) is -0.316. The summed E-state index contributed by atoms with van der Waals surface area (Å²) in [7, 11) is 0. The van der Waals surface area contributed by atoms with E-state index >= 15 is 0 Å². The van der Waals surface area contributed by atoms with Crippen LogP contribution in [-0.4, -0.2) is 24.4 Å². The van der Waals surface area contributed by atoms with E-state index < -0.39 is 0 Å². The Morgan fingerprint density at radius 2 is 2.14 bits per heavy atom. The highest BCUT2D eigenvalue weighted by Gasteiger charge is 2.27. The largest absolute Gasteiger partial charge is 0.354 e. The number of amides is 2. The number of carbonyl (C=O) groups is 2. The van der Waals surface area contributed by atoms with Crippen LogP contribution in [0.25, 0.3) is 0 Å². The SMILES string of the molecule is CC(C)C(C)C(=O)NC1CCNC1=O. The summed E-state index contributed by atoms with van der Waals surface area (Å²) < 4.78 is 0. The Labute approximate surface area is 84.4 Å². The van der Waals surface area contributed by atoms with Gasteiger partial charge in [-0.1, -0.05) is 20.8 Å². The fourth-order valence-corrected chi connectivity index (χ4v) is 1.34. The fraction of sp³-hybridized carbons (Fsp3) is 0.800. The van der Waals surface area contributed by atoms with Gasteiger partial charge in [-0.05, 0) is 12.3 Å². The molecule has 0 aliphatic carbocycles. The highest BCUT2D eigenvalue weighted by molar-refractivity contribution is 5.89. The lowest BCUT2D eigenvalue weighted by Crippen LogP contribution is -2.43. The fourth-order valence-electron chi connectivity index (χ4n) is 1.34. The average molecular weight is 198 g/mol. The molecule has 0 aromatic carbocycles. The maximum atomic E-state index is 11.6. The first kappa shape index (κ1) is 11.0. The van der Waals surface area contributed by atoms with Crippen molar-refractivity contribution in [2.45, 2.75) is 33.2 Å². The molecule has 0 saturated carbocycles. The first-order chi connectivity index (χ1) is 6.52. The highest BCUT2D eigenvalue weighted by Crippen LogP contribution is 2.10. The third-order valence-corrected chi connectivity index (χ3v) is 2.78. The van der Waals surface area contributed by atoms with Crippen LogP contribution in [0.3, 0.4) is 0 Å². The van der Waals surface area contributed by atoms with Crippen LogP contribution in [0.5, 0.6) is 0 Å². The normalized spacial score (nSPS) is 23.4. The first-order valence-electron chi connectivity index (χ1n) is 5.10. The third kappa shape index (κ3) is 2.47. The number of carbonyl (C=O) groups excluding carboxylic acids is 2. The summed E-state index contributed by atoms with van der Waals surface area (Å²) in [5.74, 6) is 0.180. The second kappa shape index (κ2) is 4.44. The zero-order chi connectivity index (χ0) is 10.7. The second-order valence-corrected chi connectivity index (χ2v) is 4.17. The molecule has 0 spiro atoms. The molecule has 2 N–H and O–H groups in total. The van der Waals surface area contributed by atoms with E-state index in [1.54, 1.807) is 0 Å². The molecule has 1 fully saturated rings. The molecule has 1 saturated heterocycles. The van der Waals surface area contributed by atoms with E-state index in [-0.39, 0.29) is 23.8 Å². The van der Waals surface area contributed by atoms with Gasteiger partial charge in [0.05, 0.1) is 0 Å². The van der Waals surface area contributed by atoms with Crippen molar-refractivity contribution in [2.24, 2.45) is 11.8 Å². The molecule has 4 heteroatoms. The number of hydrogen-bond donors (Lipinski definition) is 2. The van der Waals surface area contributed by atoms with Gasteiger partial charge in [0.15, 0.2) is 0 Å². The molecule has 1 aliphatic rings. The van der Waals surface area contributed by atoms with Crippen molar-refractivity contribution >= 4 is 11.8 Å². The summed E-state index contributed by atoms with van der Waals surface area (Å²) >= 11 is 0. The summed E-state index contributed by atoms with van der Waals surface area (Å²) in [5, 5.41) is 5.45. The Balaban J connectivity index is 2.44. The van der Waals surface area contributed by atoms with Gasteiger partial charge in [0.1, 0.15) is 6.04 Å². The van der Waals surface area contributed by atoms with Gasteiger partial charge >= 0.3 is 0 Å². The molecule has 0 bridgehead atoms. The Hall–Kier alpha value is -1.06. The van der Waals surface area contributed by atoms with Crippen LogP contribution in [0.2, 0.25) is 0 Å². The lowest BCUT2D eigenvalue weighted by Gasteiger charge is -2.17. The van der Waals surface area contributed by atoms with Crippen molar-refractivity contribution in [2.75, 3.05) is 6.54 Å². The lowest BCUT2D eigenvalue weighted by atomic mass is 9.97. The van der Waals surface area contributed by atoms with Gasteiger partial charge < -0.3 is 10.6 Å². The summed E-state index contributed by atoms with van der Waals surface area (Å²) in [4.78, 5) is 22.8. The minimum absolute atomic E-state index is 0.0259. The van der Waals surface area contributed by atoms with Crippen LogP contribution in [0.15, 0.2) is 0 Å². The van der Waals surface area contributed by atoms with Gasteiger partial charge in [-0.25, -0.2) is 0 Å². The molecule has 2 unspecified atom stereocenters. The standard InChI is InChI=1S/C10H18N2O2/c1-6(2)7(3)9(13)12-8-4-5-11-10(8)14/h6-8H,4-5H2,1-3H3,(H,11,14)(H,12,13). The quantitative estimate of drug-likeness (QED) is 0.684. The zero-order valence-corrected chi connectivity index (χ0v) is 8.96. The number of hydrogen-bond acceptors (Lipinski definition) is 2. The molecule has 2 amide bonds. The molecule has 1 heterocycles. The molecule has 80 valence electrons. The van der Waals surface area contributed by atoms with E-state index in [2.05, 4.69) is 10.6 Å². The first-order valence-corrected chi connectivity index (χ1v) is 5.10. The molecule has 1 rings (SSSR count). The maximum absolute atomic E-state index is 11.6. The minimum atomic E-state index is -0.316. The van der Waals surface area contributed by atoms with Crippen molar-refractivity contribution in [1.29, 1.82) is 0 Å². The van der Waals surface area contributed by atoms with Crippen LogP contribution < -0.4 is 10.6 Å². The van der Waals surface area contributed by atoms with E-state index in [9.17, 15) is 9.59 Å². The van der Waals surface area contributed by atoms with E-state index in [0.717, 1.165) is 0 Å². The molecule has 4 nitrogen and oxygen atoms in total. The van der Waals surface area contributed by atoms with Crippen LogP contribution >= 0.6 is 0 Å². The van der Waals surface area contributed by atoms with Gasteiger partial charge in [0.2, 0.25) is 11.8 Å². The second-order valence-electron chi connectivity index (χ2n) is 4.17. The topological polar surface area (TPSA) is 58.2 Å². The molecule has 14 heavy (non-hydrogen) atoms. The predicted octanol–water partition coefficient (Wildman–Crippen LogP) is 0.283. The minimum Gasteiger partial charge on any atom is -0.354 e. The Morgan fingerprint density at radius 1 is 1.50 bits per heavy atom. The van der Waals surface area contributed by atoms with Gasteiger partial charge in [0, 0.05) is 12.5 Å². The Morgan fingerprint density at radius 3 is 2.57 bits per heavy atom. The molecule has 2 atom stereocenters. The molecule has 0 aromatic rings. The van der Waals surface area contributed by atoms with Crippen molar-refractivity contribution < 1.29 is 9.59 Å². The smallest absolute Gasteiger partial charge is 0.242 e. The Bertz CT molecular complexity index is 238. The van der Waals surface area contributed by atoms with Crippen molar-refractivity contribution in [3.05, 3.63) is 0 Å². The van der Waals surface area contributed by atoms with E-state index in [4.69, 9.17) is 0 Å². The van der Waals surface area contributed by atoms with Gasteiger partial charge in [-0.2, -0.15) is 0 Å². The zero-order valence-electron chi connectivity index (χ0n) is 8.96. The van der Waals surface area contributed by atoms with E-state index in [0.29, 0.717) is 18.9 Å². The van der Waals surface area contributed by atoms with Gasteiger partial charge in [-0.15, -0.1) is 0 Å². The average Bonchev–Trinajstić information content (AvgIpc) is 2.50. The number of rotatable bonds is 3. The maximum Gasteiger partial charge on any atom is 0.242 e. The van der Waals surface area contributed by atoms with Crippen molar-refractivity contribution in [3.8, 4) is 0 Å². The molecule has 0 radical (unpaired) electrons.